The van der Waals surface area contributed by atoms with Crippen LogP contribution in [0.3, 0.4) is 0 Å². The van der Waals surface area contributed by atoms with Gasteiger partial charge in [-0.05, 0) is 110 Å². The Morgan fingerprint density at radius 3 is 1.34 bits per heavy atom. The van der Waals surface area contributed by atoms with Crippen LogP contribution in [-0.4, -0.2) is 91.2 Å². The third-order valence-electron chi connectivity index (χ3n) is 12.6. The van der Waals surface area contributed by atoms with E-state index in [-0.39, 0.29) is 33.9 Å². The number of aryl methyl sites for hydroxylation is 2. The van der Waals surface area contributed by atoms with Crippen LogP contribution in [0.15, 0.2) is 156 Å². The van der Waals surface area contributed by atoms with Gasteiger partial charge in [0.15, 0.2) is 0 Å². The summed E-state index contributed by atoms with van der Waals surface area (Å²) in [4.78, 5) is 68.9. The standard InChI is InChI=1S/2C29H30FN5O3/c1-2-35-25-13-7-6-11-23(25)33-27(35)24(12-8-16-32-26(31)18-30)34-28(36)22-17-20(14-15-21(22)29(37)38)19-9-4-3-5-10-19;1-2-35-25-13-7-6-11-23(25)33-27(35)24(12-8-16-32-26(31)18-30)34-28(36)21-15-14-20(17-22(21)29(37)38)19-9-4-3-5-10-19/h2*3-7,9-11,13-15,17,24H,2,8,12,16,18H2,1H3,(H2,31,32)(H,34,36)(H,37,38)/t2*24-/m00/s1. The molecule has 2 amide bonds. The normalized spacial score (nSPS) is 12.4. The summed E-state index contributed by atoms with van der Waals surface area (Å²) in [7, 11) is 0. The number of aromatic nitrogens is 4. The number of amides is 2. The number of amidine groups is 2. The largest absolute Gasteiger partial charge is 0.478 e. The molecule has 0 radical (unpaired) electrons. The molecule has 392 valence electrons. The number of benzene rings is 6. The second-order valence-corrected chi connectivity index (χ2v) is 17.6. The molecule has 0 aliphatic heterocycles. The monoisotopic (exact) mass is 1030 g/mol. The number of carbonyl (C=O) groups is 4. The van der Waals surface area contributed by atoms with Crippen LogP contribution in [-0.2, 0) is 13.1 Å². The van der Waals surface area contributed by atoms with Gasteiger partial charge >= 0.3 is 11.9 Å². The van der Waals surface area contributed by atoms with E-state index >= 15 is 0 Å². The van der Waals surface area contributed by atoms with Gasteiger partial charge < -0.3 is 41.4 Å². The number of carbonyl (C=O) groups excluding carboxylic acids is 2. The second kappa shape index (κ2) is 26.2. The van der Waals surface area contributed by atoms with Gasteiger partial charge in [0.2, 0.25) is 0 Å². The van der Waals surface area contributed by atoms with Crippen molar-refractivity contribution in [1.29, 1.82) is 0 Å². The molecule has 6 aromatic carbocycles. The first-order chi connectivity index (χ1) is 36.8. The lowest BCUT2D eigenvalue weighted by molar-refractivity contribution is 0.0682. The minimum Gasteiger partial charge on any atom is -0.478 e. The highest BCUT2D eigenvalue weighted by Crippen LogP contribution is 2.29. The molecule has 0 fully saturated rings. The third kappa shape index (κ3) is 13.4. The van der Waals surface area contributed by atoms with Crippen molar-refractivity contribution in [3.63, 3.8) is 0 Å². The summed E-state index contributed by atoms with van der Waals surface area (Å²) in [6.45, 7) is 4.19. The first kappa shape index (κ1) is 54.7. The van der Waals surface area contributed by atoms with E-state index in [1.54, 1.807) is 18.2 Å². The number of aliphatic imine (C=N–C) groups is 2. The van der Waals surface area contributed by atoms with E-state index in [1.165, 1.54) is 18.2 Å². The van der Waals surface area contributed by atoms with Crippen LogP contribution < -0.4 is 22.1 Å². The van der Waals surface area contributed by atoms with Crippen molar-refractivity contribution in [1.82, 2.24) is 29.7 Å². The first-order valence-corrected chi connectivity index (χ1v) is 24.9. The van der Waals surface area contributed by atoms with Gasteiger partial charge in [-0.15, -0.1) is 0 Å². The molecule has 0 spiro atoms. The molecule has 0 saturated heterocycles. The van der Waals surface area contributed by atoms with E-state index in [4.69, 9.17) is 21.4 Å². The Hall–Kier alpha value is -9.06. The van der Waals surface area contributed by atoms with Crippen LogP contribution in [0, 0.1) is 0 Å². The summed E-state index contributed by atoms with van der Waals surface area (Å²) < 4.78 is 29.4. The molecule has 2 heterocycles. The predicted octanol–water partition coefficient (Wildman–Crippen LogP) is 10.00. The van der Waals surface area contributed by atoms with Crippen LogP contribution in [0.5, 0.6) is 0 Å². The maximum atomic E-state index is 13.6. The molecule has 16 nitrogen and oxygen atoms in total. The molecule has 0 aliphatic rings. The fourth-order valence-corrected chi connectivity index (χ4v) is 8.97. The van der Waals surface area contributed by atoms with Crippen LogP contribution in [0.4, 0.5) is 8.78 Å². The Morgan fingerprint density at radius 1 is 0.526 bits per heavy atom. The highest BCUT2D eigenvalue weighted by Gasteiger charge is 2.27. The Labute approximate surface area is 438 Å². The number of alkyl halides is 2. The molecule has 2 aromatic heterocycles. The van der Waals surface area contributed by atoms with Gasteiger partial charge in [0.05, 0.1) is 56.4 Å². The van der Waals surface area contributed by atoms with Gasteiger partial charge in [-0.2, -0.15) is 0 Å². The molecule has 0 aliphatic carbocycles. The van der Waals surface area contributed by atoms with Crippen molar-refractivity contribution in [2.75, 3.05) is 26.4 Å². The minimum atomic E-state index is -1.19. The number of nitrogens with one attached hydrogen (secondary N) is 2. The maximum Gasteiger partial charge on any atom is 0.336 e. The zero-order valence-corrected chi connectivity index (χ0v) is 42.2. The number of imidazole rings is 2. The van der Waals surface area contributed by atoms with Gasteiger partial charge in [-0.25, -0.2) is 28.3 Å². The Kier molecular flexibility index (Phi) is 18.9. The molecule has 18 heteroatoms. The molecule has 8 aromatic rings. The fraction of sp³-hybridized carbons (Fsp3) is 0.241. The summed E-state index contributed by atoms with van der Waals surface area (Å²) in [5, 5.41) is 25.7. The van der Waals surface area contributed by atoms with Crippen molar-refractivity contribution in [3.8, 4) is 22.3 Å². The third-order valence-corrected chi connectivity index (χ3v) is 12.6. The fourth-order valence-electron chi connectivity index (χ4n) is 8.97. The number of carboxylic acids is 2. The number of fused-ring (bicyclic) bond motifs is 2. The molecule has 2 atom stereocenters. The number of hydrogen-bond donors (Lipinski definition) is 6. The van der Waals surface area contributed by atoms with E-state index in [1.807, 2.05) is 132 Å². The number of nitrogens with two attached hydrogens (primary N) is 2. The summed E-state index contributed by atoms with van der Waals surface area (Å²) >= 11 is 0. The second-order valence-electron chi connectivity index (χ2n) is 17.6. The lowest BCUT2D eigenvalue weighted by atomic mass is 9.98. The highest BCUT2D eigenvalue weighted by molar-refractivity contribution is 6.07. The molecule has 0 saturated carbocycles. The summed E-state index contributed by atoms with van der Waals surface area (Å²) in [5.74, 6) is -2.27. The topological polar surface area (TPSA) is 245 Å². The van der Waals surface area contributed by atoms with E-state index in [0.29, 0.717) is 69.1 Å². The van der Waals surface area contributed by atoms with Gasteiger partial charge in [0.25, 0.3) is 11.8 Å². The Bertz CT molecular complexity index is 3380. The summed E-state index contributed by atoms with van der Waals surface area (Å²) in [6.07, 6.45) is 1.91. The Balaban J connectivity index is 0.000000221. The molecular weight excluding hydrogens is 971 g/mol. The lowest BCUT2D eigenvalue weighted by Gasteiger charge is -2.20. The highest BCUT2D eigenvalue weighted by atomic mass is 19.1. The zero-order chi connectivity index (χ0) is 54.1. The molecule has 76 heavy (non-hydrogen) atoms. The summed E-state index contributed by atoms with van der Waals surface area (Å²) in [6, 6.07) is 42.6. The van der Waals surface area contributed by atoms with Crippen LogP contribution in [0.2, 0.25) is 0 Å². The van der Waals surface area contributed by atoms with Gasteiger partial charge in [-0.1, -0.05) is 97.1 Å². The number of nitrogens with zero attached hydrogens (tertiary/aromatic N) is 6. The number of carboxylic acid groups (broad SMARTS) is 2. The van der Waals surface area contributed by atoms with Crippen molar-refractivity contribution < 1.29 is 38.2 Å². The van der Waals surface area contributed by atoms with Crippen LogP contribution in [0.1, 0.15) is 105 Å². The van der Waals surface area contributed by atoms with E-state index in [9.17, 15) is 38.2 Å². The van der Waals surface area contributed by atoms with Crippen LogP contribution in [0.25, 0.3) is 44.3 Å². The first-order valence-electron chi connectivity index (χ1n) is 24.9. The van der Waals surface area contributed by atoms with Crippen molar-refractivity contribution in [2.24, 2.45) is 21.5 Å². The molecule has 0 bridgehead atoms. The van der Waals surface area contributed by atoms with Gasteiger partial charge in [0.1, 0.15) is 36.7 Å². The van der Waals surface area contributed by atoms with E-state index in [0.717, 1.165) is 38.8 Å². The smallest absolute Gasteiger partial charge is 0.336 e. The van der Waals surface area contributed by atoms with Crippen LogP contribution >= 0.6 is 0 Å². The lowest BCUT2D eigenvalue weighted by Crippen LogP contribution is -2.32. The van der Waals surface area contributed by atoms with Crippen molar-refractivity contribution in [3.05, 3.63) is 179 Å². The maximum absolute atomic E-state index is 13.6. The van der Waals surface area contributed by atoms with Gasteiger partial charge in [0, 0.05) is 26.2 Å². The zero-order valence-electron chi connectivity index (χ0n) is 42.2. The molecule has 0 unspecified atom stereocenters. The van der Waals surface area contributed by atoms with Crippen molar-refractivity contribution >= 4 is 57.5 Å². The minimum absolute atomic E-state index is 0.0565. The number of hydrogen-bond acceptors (Lipinski definition) is 8. The number of aromatic carboxylic acids is 2. The average molecular weight is 1030 g/mol. The Morgan fingerprint density at radius 2 is 0.921 bits per heavy atom. The molecule has 8 rings (SSSR count). The number of para-hydroxylation sites is 4. The number of halogens is 2. The predicted molar refractivity (Wildman–Crippen MR) is 292 cm³/mol. The molecular formula is C58H60F2N10O6. The molecule has 8 N–H and O–H groups in total. The SMILES string of the molecule is CCn1c([C@H](CCCN=C(N)CF)NC(=O)c2cc(-c3ccccc3)ccc2C(=O)O)nc2ccccc21.CCn1c([C@H](CCCN=C(N)CF)NC(=O)c2ccc(-c3ccccc3)cc2C(=O)O)nc2ccccc21. The average Bonchev–Trinajstić information content (AvgIpc) is 4.04. The van der Waals surface area contributed by atoms with Gasteiger partial charge in [-0.3, -0.25) is 19.6 Å². The van der Waals surface area contributed by atoms with Crippen molar-refractivity contribution in [2.45, 2.75) is 64.7 Å². The quantitative estimate of drug-likeness (QED) is 0.0213. The summed E-state index contributed by atoms with van der Waals surface area (Å²) in [5.41, 5.74) is 17.5. The number of rotatable bonds is 22. The van der Waals surface area contributed by atoms with E-state index < -0.39 is 49.2 Å². The van der Waals surface area contributed by atoms with E-state index in [2.05, 4.69) is 20.6 Å².